The van der Waals surface area contributed by atoms with Crippen molar-refractivity contribution in [3.05, 3.63) is 41.9 Å². The monoisotopic (exact) mass is 281 g/mol. The molecule has 5 heteroatoms. The number of rotatable bonds is 3. The second-order valence-electron chi connectivity index (χ2n) is 5.40. The summed E-state index contributed by atoms with van der Waals surface area (Å²) in [6.45, 7) is 6.20. The first kappa shape index (κ1) is 13.5. The zero-order valence-electron chi connectivity index (χ0n) is 12.8. The zero-order valence-corrected chi connectivity index (χ0v) is 12.8. The highest BCUT2D eigenvalue weighted by molar-refractivity contribution is 5.80. The Bertz CT molecular complexity index is 788. The van der Waals surface area contributed by atoms with Crippen LogP contribution in [-0.4, -0.2) is 26.8 Å². The van der Waals surface area contributed by atoms with Crippen molar-refractivity contribution < 1.29 is 0 Å². The average Bonchev–Trinajstić information content (AvgIpc) is 2.91. The minimum Gasteiger partial charge on any atom is -0.373 e. The first-order valence-electron chi connectivity index (χ1n) is 7.11. The Morgan fingerprint density at radius 1 is 1.14 bits per heavy atom. The quantitative estimate of drug-likeness (QED) is 0.800. The van der Waals surface area contributed by atoms with Gasteiger partial charge < -0.3 is 5.32 Å². The fourth-order valence-electron chi connectivity index (χ4n) is 2.37. The van der Waals surface area contributed by atoms with Gasteiger partial charge in [-0.1, -0.05) is 32.0 Å². The lowest BCUT2D eigenvalue weighted by molar-refractivity contribution is 0.748. The number of nitrogens with zero attached hydrogens (tertiary/aromatic N) is 4. The number of hydrogen-bond acceptors (Lipinski definition) is 4. The number of hydrogen-bond donors (Lipinski definition) is 1. The maximum Gasteiger partial charge on any atom is 0.162 e. The lowest BCUT2D eigenvalue weighted by Crippen LogP contribution is -2.11. The van der Waals surface area contributed by atoms with E-state index in [4.69, 9.17) is 4.98 Å². The molecule has 0 aliphatic carbocycles. The van der Waals surface area contributed by atoms with Crippen LogP contribution in [0.1, 0.15) is 31.2 Å². The van der Waals surface area contributed by atoms with E-state index in [1.54, 1.807) is 0 Å². The minimum atomic E-state index is 0.262. The molecule has 0 fully saturated rings. The summed E-state index contributed by atoms with van der Waals surface area (Å²) < 4.78 is 1.89. The Hall–Kier alpha value is -2.43. The number of benzene rings is 1. The first-order chi connectivity index (χ1) is 10.1. The molecule has 2 aromatic heterocycles. The number of aromatic nitrogens is 4. The molecule has 3 aromatic rings. The van der Waals surface area contributed by atoms with Gasteiger partial charge in [-0.15, -0.1) is 0 Å². The molecule has 3 rings (SSSR count). The third-order valence-corrected chi connectivity index (χ3v) is 3.57. The highest BCUT2D eigenvalue weighted by atomic mass is 15.3. The topological polar surface area (TPSA) is 55.6 Å². The molecule has 0 spiro atoms. The van der Waals surface area contributed by atoms with Crippen molar-refractivity contribution in [1.29, 1.82) is 0 Å². The predicted molar refractivity (Wildman–Crippen MR) is 85.0 cm³/mol. The minimum absolute atomic E-state index is 0.262. The Balaban J connectivity index is 2.28. The Labute approximate surface area is 124 Å². The molecule has 1 N–H and O–H groups in total. The summed E-state index contributed by atoms with van der Waals surface area (Å²) in [6.07, 6.45) is 1.87. The molecule has 0 bridgehead atoms. The van der Waals surface area contributed by atoms with Crippen LogP contribution in [0.5, 0.6) is 0 Å². The van der Waals surface area contributed by atoms with Crippen LogP contribution < -0.4 is 5.32 Å². The normalized spacial score (nSPS) is 11.3. The molecule has 5 nitrogen and oxygen atoms in total. The summed E-state index contributed by atoms with van der Waals surface area (Å²) in [7, 11) is 1.88. The Morgan fingerprint density at radius 3 is 2.62 bits per heavy atom. The van der Waals surface area contributed by atoms with Gasteiger partial charge in [0.2, 0.25) is 0 Å². The molecule has 2 heterocycles. The van der Waals surface area contributed by atoms with Crippen molar-refractivity contribution in [1.82, 2.24) is 19.7 Å². The molecule has 0 atom stereocenters. The van der Waals surface area contributed by atoms with Gasteiger partial charge in [-0.05, 0) is 13.0 Å². The van der Waals surface area contributed by atoms with Crippen molar-refractivity contribution in [2.45, 2.75) is 26.7 Å². The molecule has 0 amide bonds. The third-order valence-electron chi connectivity index (χ3n) is 3.57. The van der Waals surface area contributed by atoms with E-state index in [9.17, 15) is 0 Å². The molecule has 21 heavy (non-hydrogen) atoms. The molecule has 0 radical (unpaired) electrons. The standard InChI is InChI=1S/C16H19N5/c1-10(2)14-19-15(17-4)11(3)16(20-14)21-13-8-6-5-7-12(13)9-18-21/h5-10H,1-4H3,(H,17,19,20). The third kappa shape index (κ3) is 2.24. The highest BCUT2D eigenvalue weighted by Crippen LogP contribution is 2.24. The number of anilines is 1. The second kappa shape index (κ2) is 5.16. The number of fused-ring (bicyclic) bond motifs is 1. The van der Waals surface area contributed by atoms with Crippen molar-refractivity contribution in [2.75, 3.05) is 12.4 Å². The first-order valence-corrected chi connectivity index (χ1v) is 7.11. The Morgan fingerprint density at radius 2 is 1.90 bits per heavy atom. The molecule has 0 saturated carbocycles. The van der Waals surface area contributed by atoms with Crippen LogP contribution in [0.25, 0.3) is 16.7 Å². The van der Waals surface area contributed by atoms with Crippen LogP contribution >= 0.6 is 0 Å². The summed E-state index contributed by atoms with van der Waals surface area (Å²) in [6, 6.07) is 8.13. The average molecular weight is 281 g/mol. The van der Waals surface area contributed by atoms with Crippen molar-refractivity contribution in [3.8, 4) is 5.82 Å². The summed E-state index contributed by atoms with van der Waals surface area (Å²) in [5.41, 5.74) is 2.05. The summed E-state index contributed by atoms with van der Waals surface area (Å²) >= 11 is 0. The van der Waals surface area contributed by atoms with Gasteiger partial charge >= 0.3 is 0 Å². The maximum absolute atomic E-state index is 4.72. The second-order valence-corrected chi connectivity index (χ2v) is 5.40. The molecule has 0 unspecified atom stereocenters. The molecule has 0 saturated heterocycles. The number of nitrogens with one attached hydrogen (secondary N) is 1. The van der Waals surface area contributed by atoms with Crippen molar-refractivity contribution >= 4 is 16.7 Å². The van der Waals surface area contributed by atoms with E-state index in [2.05, 4.69) is 41.4 Å². The van der Waals surface area contributed by atoms with E-state index in [-0.39, 0.29) is 5.92 Å². The van der Waals surface area contributed by atoms with Gasteiger partial charge in [0.1, 0.15) is 11.6 Å². The van der Waals surface area contributed by atoms with E-state index < -0.39 is 0 Å². The maximum atomic E-state index is 4.72. The van der Waals surface area contributed by atoms with Gasteiger partial charge in [-0.2, -0.15) is 5.10 Å². The van der Waals surface area contributed by atoms with Gasteiger partial charge in [0.15, 0.2) is 5.82 Å². The summed E-state index contributed by atoms with van der Waals surface area (Å²) in [5.74, 6) is 2.76. The van der Waals surface area contributed by atoms with Crippen LogP contribution in [0.15, 0.2) is 30.5 Å². The largest absolute Gasteiger partial charge is 0.373 e. The van der Waals surface area contributed by atoms with E-state index in [1.807, 2.05) is 37.0 Å². The van der Waals surface area contributed by atoms with E-state index in [1.165, 1.54) is 0 Å². The smallest absolute Gasteiger partial charge is 0.162 e. The fourth-order valence-corrected chi connectivity index (χ4v) is 2.37. The SMILES string of the molecule is CNc1nc(C(C)C)nc(-n2ncc3ccccc32)c1C. The number of para-hydroxylation sites is 1. The Kier molecular flexibility index (Phi) is 3.33. The predicted octanol–water partition coefficient (Wildman–Crippen LogP) is 3.29. The van der Waals surface area contributed by atoms with Gasteiger partial charge in [0, 0.05) is 23.9 Å². The van der Waals surface area contributed by atoms with Gasteiger partial charge in [0.05, 0.1) is 11.7 Å². The molecular formula is C16H19N5. The molecular weight excluding hydrogens is 262 g/mol. The van der Waals surface area contributed by atoms with Crippen molar-refractivity contribution in [2.24, 2.45) is 0 Å². The molecule has 108 valence electrons. The van der Waals surface area contributed by atoms with Crippen LogP contribution in [0.2, 0.25) is 0 Å². The van der Waals surface area contributed by atoms with Gasteiger partial charge in [-0.25, -0.2) is 14.6 Å². The van der Waals surface area contributed by atoms with Crippen molar-refractivity contribution in [3.63, 3.8) is 0 Å². The van der Waals surface area contributed by atoms with Crippen LogP contribution in [0, 0.1) is 6.92 Å². The lowest BCUT2D eigenvalue weighted by Gasteiger charge is -2.14. The summed E-state index contributed by atoms with van der Waals surface area (Å²) in [4.78, 5) is 9.30. The lowest BCUT2D eigenvalue weighted by atomic mass is 10.2. The molecule has 0 aliphatic heterocycles. The van der Waals surface area contributed by atoms with E-state index >= 15 is 0 Å². The van der Waals surface area contributed by atoms with Gasteiger partial charge in [0.25, 0.3) is 0 Å². The highest BCUT2D eigenvalue weighted by Gasteiger charge is 2.15. The summed E-state index contributed by atoms with van der Waals surface area (Å²) in [5, 5.41) is 8.75. The van der Waals surface area contributed by atoms with Crippen LogP contribution in [0.3, 0.4) is 0 Å². The fraction of sp³-hybridized carbons (Fsp3) is 0.312. The van der Waals surface area contributed by atoms with Crippen LogP contribution in [-0.2, 0) is 0 Å². The van der Waals surface area contributed by atoms with Gasteiger partial charge in [-0.3, -0.25) is 0 Å². The molecule has 0 aliphatic rings. The molecule has 1 aromatic carbocycles. The van der Waals surface area contributed by atoms with E-state index in [0.717, 1.165) is 33.9 Å². The zero-order chi connectivity index (χ0) is 15.0. The van der Waals surface area contributed by atoms with E-state index in [0.29, 0.717) is 0 Å². The van der Waals surface area contributed by atoms with Crippen LogP contribution in [0.4, 0.5) is 5.82 Å².